The van der Waals surface area contributed by atoms with Crippen molar-refractivity contribution >= 4 is 17.8 Å². The molecule has 0 atom stereocenters. The lowest BCUT2D eigenvalue weighted by molar-refractivity contribution is -0.130. The number of hydrogen-bond donors (Lipinski definition) is 3. The van der Waals surface area contributed by atoms with Crippen LogP contribution in [-0.4, -0.2) is 73.0 Å². The molecule has 0 radical (unpaired) electrons. The van der Waals surface area contributed by atoms with Crippen LogP contribution in [-0.2, 0) is 9.59 Å². The van der Waals surface area contributed by atoms with Crippen molar-refractivity contribution in [3.05, 3.63) is 0 Å². The molecule has 0 aromatic rings. The van der Waals surface area contributed by atoms with E-state index >= 15 is 0 Å². The highest BCUT2D eigenvalue weighted by Crippen LogP contribution is 2.12. The first-order chi connectivity index (χ1) is 9.58. The summed E-state index contributed by atoms with van der Waals surface area (Å²) in [5, 5.41) is 5.83. The first-order valence-corrected chi connectivity index (χ1v) is 6.89. The summed E-state index contributed by atoms with van der Waals surface area (Å²) in [5.74, 6) is -0.734. The molecular weight excluding hydrogens is 262 g/mol. The minimum atomic E-state index is -0.456. The van der Waals surface area contributed by atoms with Gasteiger partial charge in [0.15, 0.2) is 0 Å². The molecule has 8 nitrogen and oxygen atoms in total. The minimum absolute atomic E-state index is 0.0475. The average Bonchev–Trinajstić information content (AvgIpc) is 2.85. The monoisotopic (exact) mass is 283 g/mol. The molecule has 20 heavy (non-hydrogen) atoms. The van der Waals surface area contributed by atoms with E-state index in [4.69, 9.17) is 5.73 Å². The number of amides is 4. The molecule has 0 aromatic carbocycles. The summed E-state index contributed by atoms with van der Waals surface area (Å²) in [7, 11) is 0. The number of carbonyl (C=O) groups excluding carboxylic acids is 3. The highest BCUT2D eigenvalue weighted by Gasteiger charge is 2.30. The molecule has 0 spiro atoms. The molecule has 2 aliphatic heterocycles. The minimum Gasteiger partial charge on any atom is -0.369 e. The number of urea groups is 1. The van der Waals surface area contributed by atoms with Gasteiger partial charge in [0, 0.05) is 19.1 Å². The first kappa shape index (κ1) is 14.7. The van der Waals surface area contributed by atoms with Crippen LogP contribution in [0.25, 0.3) is 0 Å². The van der Waals surface area contributed by atoms with Gasteiger partial charge in [-0.2, -0.15) is 0 Å². The maximum absolute atomic E-state index is 12.1. The molecule has 0 aromatic heterocycles. The molecule has 2 saturated heterocycles. The predicted octanol–water partition coefficient (Wildman–Crippen LogP) is -1.92. The molecule has 112 valence electrons. The lowest BCUT2D eigenvalue weighted by Gasteiger charge is -2.33. The van der Waals surface area contributed by atoms with E-state index in [-0.39, 0.29) is 31.1 Å². The lowest BCUT2D eigenvalue weighted by Crippen LogP contribution is -2.51. The van der Waals surface area contributed by atoms with Crippen LogP contribution in [0.2, 0.25) is 0 Å². The fraction of sp³-hybridized carbons (Fsp3) is 0.750. The maximum atomic E-state index is 12.1. The molecule has 4 amide bonds. The van der Waals surface area contributed by atoms with Crippen LogP contribution in [0.15, 0.2) is 0 Å². The number of piperidine rings is 1. The molecule has 0 unspecified atom stereocenters. The van der Waals surface area contributed by atoms with Crippen molar-refractivity contribution in [1.29, 1.82) is 0 Å². The van der Waals surface area contributed by atoms with Gasteiger partial charge >= 0.3 is 6.03 Å². The van der Waals surface area contributed by atoms with Gasteiger partial charge in [0.2, 0.25) is 11.8 Å². The van der Waals surface area contributed by atoms with E-state index in [0.717, 1.165) is 25.9 Å². The summed E-state index contributed by atoms with van der Waals surface area (Å²) >= 11 is 0. The summed E-state index contributed by atoms with van der Waals surface area (Å²) in [4.78, 5) is 37.8. The average molecular weight is 283 g/mol. The second kappa shape index (κ2) is 6.67. The Bertz CT molecular complexity index is 395. The number of imide groups is 1. The van der Waals surface area contributed by atoms with Gasteiger partial charge in [0.25, 0.3) is 0 Å². The number of hydrogen-bond acceptors (Lipinski definition) is 5. The molecule has 0 aliphatic carbocycles. The fourth-order valence-electron chi connectivity index (χ4n) is 2.65. The smallest absolute Gasteiger partial charge is 0.324 e. The first-order valence-electron chi connectivity index (χ1n) is 6.89. The predicted molar refractivity (Wildman–Crippen MR) is 71.8 cm³/mol. The zero-order chi connectivity index (χ0) is 14.5. The van der Waals surface area contributed by atoms with Gasteiger partial charge < -0.3 is 16.4 Å². The molecule has 8 heteroatoms. The van der Waals surface area contributed by atoms with Crippen molar-refractivity contribution in [2.45, 2.75) is 18.9 Å². The van der Waals surface area contributed by atoms with Crippen molar-refractivity contribution in [3.8, 4) is 0 Å². The van der Waals surface area contributed by atoms with Gasteiger partial charge in [-0.15, -0.1) is 0 Å². The van der Waals surface area contributed by atoms with Crippen LogP contribution in [0, 0.1) is 0 Å². The van der Waals surface area contributed by atoms with Crippen LogP contribution >= 0.6 is 0 Å². The molecule has 2 rings (SSSR count). The highest BCUT2D eigenvalue weighted by atomic mass is 16.2. The Morgan fingerprint density at radius 3 is 2.50 bits per heavy atom. The summed E-state index contributed by atoms with van der Waals surface area (Å²) in [6.45, 7) is 2.69. The standard InChI is InChI=1S/C12H21N5O3/c13-10(18)7-16(9-1-3-14-4-2-9)8-11(19)17-6-5-15-12(17)20/h9,14H,1-8H2,(H2,13,18)(H,15,20). The van der Waals surface area contributed by atoms with Crippen molar-refractivity contribution < 1.29 is 14.4 Å². The van der Waals surface area contributed by atoms with E-state index < -0.39 is 5.91 Å². The van der Waals surface area contributed by atoms with Crippen molar-refractivity contribution in [3.63, 3.8) is 0 Å². The molecule has 2 heterocycles. The molecule has 2 aliphatic rings. The third kappa shape index (κ3) is 3.67. The SMILES string of the molecule is NC(=O)CN(CC(=O)N1CCNC1=O)C1CCNCC1. The number of nitrogens with zero attached hydrogens (tertiary/aromatic N) is 2. The Kier molecular flexibility index (Phi) is 4.91. The van der Waals surface area contributed by atoms with E-state index in [0.29, 0.717) is 13.1 Å². The lowest BCUT2D eigenvalue weighted by atomic mass is 10.0. The Hall–Kier alpha value is -1.67. The zero-order valence-electron chi connectivity index (χ0n) is 11.4. The zero-order valence-corrected chi connectivity index (χ0v) is 11.4. The summed E-state index contributed by atoms with van der Waals surface area (Å²) in [6, 6.07) is -0.210. The van der Waals surface area contributed by atoms with Crippen LogP contribution in [0.5, 0.6) is 0 Å². The topological polar surface area (TPSA) is 108 Å². The molecule has 2 fully saturated rings. The largest absolute Gasteiger partial charge is 0.369 e. The van der Waals surface area contributed by atoms with Gasteiger partial charge in [-0.3, -0.25) is 19.4 Å². The molecule has 4 N–H and O–H groups in total. The van der Waals surface area contributed by atoms with E-state index in [1.54, 1.807) is 4.90 Å². The van der Waals surface area contributed by atoms with Crippen molar-refractivity contribution in [2.24, 2.45) is 5.73 Å². The number of carbonyl (C=O) groups is 3. The highest BCUT2D eigenvalue weighted by molar-refractivity contribution is 5.96. The second-order valence-electron chi connectivity index (χ2n) is 5.13. The van der Waals surface area contributed by atoms with Gasteiger partial charge in [-0.1, -0.05) is 0 Å². The second-order valence-corrected chi connectivity index (χ2v) is 5.13. The van der Waals surface area contributed by atoms with Crippen molar-refractivity contribution in [2.75, 3.05) is 39.3 Å². The summed E-state index contributed by atoms with van der Waals surface area (Å²) in [6.07, 6.45) is 1.74. The number of primary amides is 1. The number of rotatable bonds is 5. The molecule has 0 saturated carbocycles. The van der Waals surface area contributed by atoms with E-state index in [1.165, 1.54) is 4.90 Å². The van der Waals surface area contributed by atoms with E-state index in [9.17, 15) is 14.4 Å². The van der Waals surface area contributed by atoms with Crippen LogP contribution in [0.3, 0.4) is 0 Å². The Morgan fingerprint density at radius 2 is 1.95 bits per heavy atom. The van der Waals surface area contributed by atoms with Crippen LogP contribution < -0.4 is 16.4 Å². The summed E-state index contributed by atoms with van der Waals surface area (Å²) < 4.78 is 0. The van der Waals surface area contributed by atoms with Gasteiger partial charge in [-0.25, -0.2) is 4.79 Å². The summed E-state index contributed by atoms with van der Waals surface area (Å²) in [5.41, 5.74) is 5.26. The van der Waals surface area contributed by atoms with Gasteiger partial charge in [0.05, 0.1) is 13.1 Å². The third-order valence-electron chi connectivity index (χ3n) is 3.68. The quantitative estimate of drug-likeness (QED) is 0.545. The fourth-order valence-corrected chi connectivity index (χ4v) is 2.65. The Labute approximate surface area is 117 Å². The maximum Gasteiger partial charge on any atom is 0.324 e. The molecular formula is C12H21N5O3. The van der Waals surface area contributed by atoms with Gasteiger partial charge in [-0.05, 0) is 25.9 Å². The van der Waals surface area contributed by atoms with Crippen LogP contribution in [0.4, 0.5) is 4.79 Å². The number of nitrogens with one attached hydrogen (secondary N) is 2. The van der Waals surface area contributed by atoms with E-state index in [2.05, 4.69) is 10.6 Å². The normalized spacial score (nSPS) is 20.2. The molecule has 0 bridgehead atoms. The third-order valence-corrected chi connectivity index (χ3v) is 3.68. The number of nitrogens with two attached hydrogens (primary N) is 1. The van der Waals surface area contributed by atoms with Crippen LogP contribution in [0.1, 0.15) is 12.8 Å². The van der Waals surface area contributed by atoms with Gasteiger partial charge in [0.1, 0.15) is 0 Å². The van der Waals surface area contributed by atoms with Crippen molar-refractivity contribution in [1.82, 2.24) is 20.4 Å². The van der Waals surface area contributed by atoms with E-state index in [1.807, 2.05) is 0 Å². The Morgan fingerprint density at radius 1 is 1.25 bits per heavy atom. The Balaban J connectivity index is 1.97.